The van der Waals surface area contributed by atoms with Crippen molar-refractivity contribution < 1.29 is 22.3 Å². The number of nitrogens with one attached hydrogen (secondary N) is 1. The number of furan rings is 1. The second-order valence-electron chi connectivity index (χ2n) is 5.51. The SMILES string of the molecule is Cc1oc(COCC(F)(F)F)cc1CNC(C)(C)C. The van der Waals surface area contributed by atoms with Crippen LogP contribution in [0.3, 0.4) is 0 Å². The van der Waals surface area contributed by atoms with E-state index in [0.717, 1.165) is 5.56 Å². The van der Waals surface area contributed by atoms with E-state index in [9.17, 15) is 13.2 Å². The van der Waals surface area contributed by atoms with Gasteiger partial charge in [0, 0.05) is 17.6 Å². The summed E-state index contributed by atoms with van der Waals surface area (Å²) in [6.07, 6.45) is -4.31. The average molecular weight is 279 g/mol. The summed E-state index contributed by atoms with van der Waals surface area (Å²) in [7, 11) is 0. The monoisotopic (exact) mass is 279 g/mol. The van der Waals surface area contributed by atoms with Crippen LogP contribution in [0.15, 0.2) is 10.5 Å². The van der Waals surface area contributed by atoms with Gasteiger partial charge in [0.15, 0.2) is 0 Å². The summed E-state index contributed by atoms with van der Waals surface area (Å²) in [6, 6.07) is 1.73. The van der Waals surface area contributed by atoms with Gasteiger partial charge in [-0.15, -0.1) is 0 Å². The van der Waals surface area contributed by atoms with E-state index in [0.29, 0.717) is 18.1 Å². The minimum absolute atomic E-state index is 0.0311. The quantitative estimate of drug-likeness (QED) is 0.895. The van der Waals surface area contributed by atoms with Crippen LogP contribution in [0.5, 0.6) is 0 Å². The molecule has 1 rings (SSSR count). The molecule has 0 radical (unpaired) electrons. The molecule has 0 aliphatic carbocycles. The fraction of sp³-hybridized carbons (Fsp3) is 0.692. The number of hydrogen-bond acceptors (Lipinski definition) is 3. The number of rotatable bonds is 5. The molecular formula is C13H20F3NO2. The van der Waals surface area contributed by atoms with Crippen molar-refractivity contribution in [3.8, 4) is 0 Å². The Kier molecular flexibility index (Phi) is 5.04. The Bertz CT molecular complexity index is 405. The number of ether oxygens (including phenoxy) is 1. The molecule has 3 nitrogen and oxygen atoms in total. The van der Waals surface area contributed by atoms with Gasteiger partial charge in [-0.25, -0.2) is 0 Å². The molecule has 1 N–H and O–H groups in total. The smallest absolute Gasteiger partial charge is 0.411 e. The first-order valence-corrected chi connectivity index (χ1v) is 6.04. The van der Waals surface area contributed by atoms with Gasteiger partial charge in [-0.3, -0.25) is 0 Å². The van der Waals surface area contributed by atoms with Crippen molar-refractivity contribution in [1.29, 1.82) is 0 Å². The highest BCUT2D eigenvalue weighted by molar-refractivity contribution is 5.20. The maximum absolute atomic E-state index is 11.9. The summed E-state index contributed by atoms with van der Waals surface area (Å²) < 4.78 is 45.7. The lowest BCUT2D eigenvalue weighted by atomic mass is 10.1. The highest BCUT2D eigenvalue weighted by atomic mass is 19.4. The van der Waals surface area contributed by atoms with Crippen LogP contribution in [0.1, 0.15) is 37.9 Å². The molecule has 0 aliphatic rings. The summed E-state index contributed by atoms with van der Waals surface area (Å²) in [5.74, 6) is 1.11. The molecule has 0 atom stereocenters. The zero-order valence-electron chi connectivity index (χ0n) is 11.6. The lowest BCUT2D eigenvalue weighted by molar-refractivity contribution is -0.177. The van der Waals surface area contributed by atoms with Gasteiger partial charge in [0.25, 0.3) is 0 Å². The predicted octanol–water partition coefficient (Wildman–Crippen LogP) is 3.56. The van der Waals surface area contributed by atoms with Crippen LogP contribution in [0.25, 0.3) is 0 Å². The third-order valence-electron chi connectivity index (χ3n) is 2.39. The number of alkyl halides is 3. The molecule has 0 spiro atoms. The molecule has 0 amide bonds. The maximum Gasteiger partial charge on any atom is 0.411 e. The van der Waals surface area contributed by atoms with Gasteiger partial charge in [0.2, 0.25) is 0 Å². The van der Waals surface area contributed by atoms with Gasteiger partial charge in [-0.2, -0.15) is 13.2 Å². The average Bonchev–Trinajstić information content (AvgIpc) is 2.53. The summed E-state index contributed by atoms with van der Waals surface area (Å²) >= 11 is 0. The lowest BCUT2D eigenvalue weighted by Gasteiger charge is -2.20. The van der Waals surface area contributed by atoms with Crippen molar-refractivity contribution in [2.45, 2.75) is 52.6 Å². The van der Waals surface area contributed by atoms with Gasteiger partial charge in [-0.05, 0) is 33.8 Å². The molecule has 0 saturated heterocycles. The van der Waals surface area contributed by atoms with E-state index in [-0.39, 0.29) is 12.1 Å². The van der Waals surface area contributed by atoms with Crippen molar-refractivity contribution >= 4 is 0 Å². The zero-order valence-corrected chi connectivity index (χ0v) is 11.6. The molecule has 0 aliphatic heterocycles. The van der Waals surface area contributed by atoms with Crippen molar-refractivity contribution in [3.05, 3.63) is 23.2 Å². The van der Waals surface area contributed by atoms with Crippen LogP contribution in [0.2, 0.25) is 0 Å². The number of aryl methyl sites for hydroxylation is 1. The molecule has 1 aromatic heterocycles. The fourth-order valence-electron chi connectivity index (χ4n) is 1.46. The maximum atomic E-state index is 11.9. The first kappa shape index (κ1) is 16.0. The lowest BCUT2D eigenvalue weighted by Crippen LogP contribution is -2.35. The standard InChI is InChI=1S/C13H20F3NO2/c1-9-10(6-17-12(2,3)4)5-11(19-9)7-18-8-13(14,15)16/h5,17H,6-8H2,1-4H3. The van der Waals surface area contributed by atoms with E-state index < -0.39 is 12.8 Å². The minimum atomic E-state index is -4.31. The van der Waals surface area contributed by atoms with Gasteiger partial charge in [0.1, 0.15) is 24.7 Å². The Morgan fingerprint density at radius 2 is 1.89 bits per heavy atom. The third-order valence-corrected chi connectivity index (χ3v) is 2.39. The topological polar surface area (TPSA) is 34.4 Å². The van der Waals surface area contributed by atoms with E-state index in [2.05, 4.69) is 10.1 Å². The molecule has 0 fully saturated rings. The van der Waals surface area contributed by atoms with Crippen LogP contribution >= 0.6 is 0 Å². The molecule has 0 bridgehead atoms. The fourth-order valence-corrected chi connectivity index (χ4v) is 1.46. The third kappa shape index (κ3) is 6.63. The highest BCUT2D eigenvalue weighted by Crippen LogP contribution is 2.19. The Morgan fingerprint density at radius 1 is 1.26 bits per heavy atom. The molecule has 1 aromatic rings. The van der Waals surface area contributed by atoms with Crippen LogP contribution in [0, 0.1) is 6.92 Å². The van der Waals surface area contributed by atoms with Crippen molar-refractivity contribution in [3.63, 3.8) is 0 Å². The summed E-state index contributed by atoms with van der Waals surface area (Å²) in [6.45, 7) is 7.07. The Labute approximate surface area is 111 Å². The van der Waals surface area contributed by atoms with Crippen molar-refractivity contribution in [1.82, 2.24) is 5.32 Å². The molecule has 0 aromatic carbocycles. The Hall–Kier alpha value is -1.01. The van der Waals surface area contributed by atoms with Gasteiger partial charge in [0.05, 0.1) is 0 Å². The van der Waals surface area contributed by atoms with E-state index in [1.165, 1.54) is 0 Å². The van der Waals surface area contributed by atoms with E-state index >= 15 is 0 Å². The Balaban J connectivity index is 2.50. The van der Waals surface area contributed by atoms with Crippen LogP contribution in [-0.2, 0) is 17.9 Å². The molecular weight excluding hydrogens is 259 g/mol. The molecule has 0 saturated carbocycles. The predicted molar refractivity (Wildman–Crippen MR) is 65.7 cm³/mol. The highest BCUT2D eigenvalue weighted by Gasteiger charge is 2.27. The van der Waals surface area contributed by atoms with Crippen molar-refractivity contribution in [2.24, 2.45) is 0 Å². The van der Waals surface area contributed by atoms with Crippen molar-refractivity contribution in [2.75, 3.05) is 6.61 Å². The summed E-state index contributed by atoms with van der Waals surface area (Å²) in [5.41, 5.74) is 0.900. The summed E-state index contributed by atoms with van der Waals surface area (Å²) in [5, 5.41) is 3.29. The molecule has 1 heterocycles. The second-order valence-corrected chi connectivity index (χ2v) is 5.51. The molecule has 19 heavy (non-hydrogen) atoms. The van der Waals surface area contributed by atoms with E-state index in [4.69, 9.17) is 4.42 Å². The Morgan fingerprint density at radius 3 is 2.42 bits per heavy atom. The molecule has 0 unspecified atom stereocenters. The zero-order chi connectivity index (χ0) is 14.7. The number of hydrogen-bond donors (Lipinski definition) is 1. The van der Waals surface area contributed by atoms with Crippen LogP contribution in [-0.4, -0.2) is 18.3 Å². The van der Waals surface area contributed by atoms with Crippen LogP contribution in [0.4, 0.5) is 13.2 Å². The molecule has 6 heteroatoms. The van der Waals surface area contributed by atoms with Crippen LogP contribution < -0.4 is 5.32 Å². The van der Waals surface area contributed by atoms with Gasteiger partial charge in [-0.1, -0.05) is 0 Å². The first-order valence-electron chi connectivity index (χ1n) is 6.04. The van der Waals surface area contributed by atoms with Gasteiger partial charge >= 0.3 is 6.18 Å². The second kappa shape index (κ2) is 5.96. The largest absolute Gasteiger partial charge is 0.464 e. The number of halogens is 3. The molecule has 110 valence electrons. The van der Waals surface area contributed by atoms with Gasteiger partial charge < -0.3 is 14.5 Å². The first-order chi connectivity index (χ1) is 8.57. The normalized spacial score (nSPS) is 13.0. The minimum Gasteiger partial charge on any atom is -0.464 e. The van der Waals surface area contributed by atoms with E-state index in [1.807, 2.05) is 20.8 Å². The summed E-state index contributed by atoms with van der Waals surface area (Å²) in [4.78, 5) is 0. The van der Waals surface area contributed by atoms with E-state index in [1.54, 1.807) is 13.0 Å².